The Morgan fingerprint density at radius 2 is 1.39 bits per heavy atom. The van der Waals surface area contributed by atoms with Gasteiger partial charge in [-0.2, -0.15) is 0 Å². The van der Waals surface area contributed by atoms with Crippen LogP contribution in [0.5, 0.6) is 17.2 Å². The predicted molar refractivity (Wildman–Crippen MR) is 122 cm³/mol. The lowest BCUT2D eigenvalue weighted by molar-refractivity contribution is -0.277. The van der Waals surface area contributed by atoms with Crippen molar-refractivity contribution in [3.8, 4) is 28.4 Å². The van der Waals surface area contributed by atoms with Gasteiger partial charge in [0.05, 0.1) is 17.7 Å². The zero-order valence-corrected chi connectivity index (χ0v) is 18.3. The largest absolute Gasteiger partial charge is 0.504 e. The number of hydrogen-bond donors (Lipinski definition) is 6. The SMILES string of the molecule is O=c1ccc2ccc(OC3OC(CO)C(O)C(O)C3O)c(-c3c(O)c(O)cc4ccc(=O)oc34)c2o1. The molecule has 5 atom stereocenters. The number of benzene rings is 2. The Labute approximate surface area is 200 Å². The van der Waals surface area contributed by atoms with Crippen molar-refractivity contribution in [3.05, 3.63) is 63.3 Å². The molecule has 12 nitrogen and oxygen atoms in total. The van der Waals surface area contributed by atoms with Gasteiger partial charge in [0.1, 0.15) is 35.7 Å². The molecule has 1 aliphatic rings. The first kappa shape index (κ1) is 23.8. The molecule has 4 aromatic rings. The fraction of sp³-hybridized carbons (Fsp3) is 0.250. The van der Waals surface area contributed by atoms with Gasteiger partial charge in [0.25, 0.3) is 0 Å². The molecule has 0 saturated carbocycles. The quantitative estimate of drug-likeness (QED) is 0.164. The summed E-state index contributed by atoms with van der Waals surface area (Å²) in [6.07, 6.45) is -8.06. The molecule has 2 aromatic carbocycles. The van der Waals surface area contributed by atoms with E-state index in [2.05, 4.69) is 0 Å². The number of aromatic hydroxyl groups is 2. The molecular weight excluding hydrogens is 480 g/mol. The molecule has 5 unspecified atom stereocenters. The summed E-state index contributed by atoms with van der Waals surface area (Å²) in [6.45, 7) is -0.701. The van der Waals surface area contributed by atoms with Crippen LogP contribution in [0.15, 0.2) is 60.9 Å². The fourth-order valence-electron chi connectivity index (χ4n) is 4.16. The van der Waals surface area contributed by atoms with Crippen LogP contribution in [0.1, 0.15) is 0 Å². The summed E-state index contributed by atoms with van der Waals surface area (Å²) >= 11 is 0. The molecular formula is C24H20O12. The van der Waals surface area contributed by atoms with Crippen molar-refractivity contribution in [1.29, 1.82) is 0 Å². The van der Waals surface area contributed by atoms with Gasteiger partial charge in [-0.25, -0.2) is 9.59 Å². The summed E-state index contributed by atoms with van der Waals surface area (Å²) in [5.41, 5.74) is -2.24. The van der Waals surface area contributed by atoms with Gasteiger partial charge >= 0.3 is 11.3 Å². The zero-order chi connectivity index (χ0) is 25.7. The van der Waals surface area contributed by atoms with Gasteiger partial charge in [-0.1, -0.05) is 0 Å². The first-order chi connectivity index (χ1) is 17.2. The lowest BCUT2D eigenvalue weighted by Gasteiger charge is -2.39. The highest BCUT2D eigenvalue weighted by atomic mass is 16.7. The standard InChI is InChI=1S/C24H20O12/c25-8-13-19(30)20(31)21(32)24(34-13)33-12-4-1-9-2-5-14(27)35-22(9)16(12)17-18(29)11(26)7-10-3-6-15(28)36-23(10)17/h1-7,13,19-21,24-26,29-32H,8H2. The van der Waals surface area contributed by atoms with Crippen LogP contribution in [0.25, 0.3) is 33.1 Å². The molecule has 0 bridgehead atoms. The van der Waals surface area contributed by atoms with E-state index in [4.69, 9.17) is 18.3 Å². The summed E-state index contributed by atoms with van der Waals surface area (Å²) in [5, 5.41) is 61.9. The highest BCUT2D eigenvalue weighted by Crippen LogP contribution is 2.48. The van der Waals surface area contributed by atoms with E-state index in [1.807, 2.05) is 0 Å². The number of rotatable bonds is 4. The average molecular weight is 500 g/mol. The molecule has 1 aliphatic heterocycles. The maximum atomic E-state index is 12.1. The van der Waals surface area contributed by atoms with E-state index in [0.717, 1.165) is 18.2 Å². The minimum atomic E-state index is -1.78. The average Bonchev–Trinajstić information content (AvgIpc) is 2.86. The van der Waals surface area contributed by atoms with Gasteiger partial charge in [0, 0.05) is 22.9 Å². The molecule has 36 heavy (non-hydrogen) atoms. The number of hydrogen-bond acceptors (Lipinski definition) is 12. The number of aliphatic hydroxyl groups is 4. The predicted octanol–water partition coefficient (Wildman–Crippen LogP) is 0.156. The first-order valence-corrected chi connectivity index (χ1v) is 10.7. The Balaban J connectivity index is 1.79. The lowest BCUT2D eigenvalue weighted by atomic mass is 9.97. The second kappa shape index (κ2) is 8.93. The molecule has 1 fully saturated rings. The number of fused-ring (bicyclic) bond motifs is 2. The summed E-state index contributed by atoms with van der Waals surface area (Å²) in [7, 11) is 0. The molecule has 1 saturated heterocycles. The van der Waals surface area contributed by atoms with E-state index in [0.29, 0.717) is 5.39 Å². The molecule has 2 aromatic heterocycles. The minimum absolute atomic E-state index is 0.127. The first-order valence-electron chi connectivity index (χ1n) is 10.7. The summed E-state index contributed by atoms with van der Waals surface area (Å²) in [4.78, 5) is 24.1. The number of ether oxygens (including phenoxy) is 2. The Kier molecular flexibility index (Phi) is 5.90. The van der Waals surface area contributed by atoms with Gasteiger partial charge in [-0.3, -0.25) is 0 Å². The highest BCUT2D eigenvalue weighted by molar-refractivity contribution is 6.06. The van der Waals surface area contributed by atoms with E-state index >= 15 is 0 Å². The maximum absolute atomic E-state index is 12.1. The van der Waals surface area contributed by atoms with Crippen LogP contribution in [0, 0.1) is 0 Å². The molecule has 0 radical (unpaired) electrons. The second-order valence-corrected chi connectivity index (χ2v) is 8.22. The molecule has 0 spiro atoms. The number of aliphatic hydroxyl groups excluding tert-OH is 4. The molecule has 6 N–H and O–H groups in total. The third-order valence-electron chi connectivity index (χ3n) is 5.96. The third kappa shape index (κ3) is 3.86. The molecule has 12 heteroatoms. The fourth-order valence-corrected chi connectivity index (χ4v) is 4.16. The molecule has 188 valence electrons. The van der Waals surface area contributed by atoms with Crippen LogP contribution >= 0.6 is 0 Å². The summed E-state index contributed by atoms with van der Waals surface area (Å²) in [5.74, 6) is -1.50. The van der Waals surface area contributed by atoms with Crippen LogP contribution < -0.4 is 16.0 Å². The van der Waals surface area contributed by atoms with Crippen LogP contribution in [0.3, 0.4) is 0 Å². The van der Waals surface area contributed by atoms with Crippen molar-refractivity contribution >= 4 is 21.9 Å². The van der Waals surface area contributed by atoms with Crippen LogP contribution in [0.2, 0.25) is 0 Å². The Bertz CT molecular complexity index is 1570. The van der Waals surface area contributed by atoms with Gasteiger partial charge in [-0.15, -0.1) is 0 Å². The highest BCUT2D eigenvalue weighted by Gasteiger charge is 2.45. The Morgan fingerprint density at radius 3 is 2.06 bits per heavy atom. The Morgan fingerprint density at radius 1 is 0.778 bits per heavy atom. The molecule has 3 heterocycles. The van der Waals surface area contributed by atoms with E-state index in [1.165, 1.54) is 24.3 Å². The van der Waals surface area contributed by atoms with Crippen LogP contribution in [-0.2, 0) is 4.74 Å². The van der Waals surface area contributed by atoms with Gasteiger partial charge in [-0.05, 0) is 30.3 Å². The topological polar surface area (TPSA) is 200 Å². The van der Waals surface area contributed by atoms with Crippen molar-refractivity contribution in [1.82, 2.24) is 0 Å². The Hall–Kier alpha value is -3.94. The molecule has 0 aliphatic carbocycles. The second-order valence-electron chi connectivity index (χ2n) is 8.22. The molecule has 5 rings (SSSR count). The van der Waals surface area contributed by atoms with Gasteiger partial charge < -0.3 is 48.9 Å². The number of phenols is 2. The van der Waals surface area contributed by atoms with E-state index in [9.17, 15) is 40.2 Å². The van der Waals surface area contributed by atoms with Gasteiger partial charge in [0.15, 0.2) is 17.1 Å². The van der Waals surface area contributed by atoms with Gasteiger partial charge in [0.2, 0.25) is 6.29 Å². The smallest absolute Gasteiger partial charge is 0.336 e. The van der Waals surface area contributed by atoms with Crippen molar-refractivity contribution in [2.75, 3.05) is 6.61 Å². The zero-order valence-electron chi connectivity index (χ0n) is 18.3. The summed E-state index contributed by atoms with van der Waals surface area (Å²) < 4.78 is 21.9. The van der Waals surface area contributed by atoms with Crippen molar-refractivity contribution in [2.24, 2.45) is 0 Å². The van der Waals surface area contributed by atoms with Crippen molar-refractivity contribution < 1.29 is 48.9 Å². The normalized spacial score (nSPS) is 24.3. The number of phenolic OH excluding ortho intramolecular Hbond substituents is 2. The van der Waals surface area contributed by atoms with Crippen LogP contribution in [-0.4, -0.2) is 68.0 Å². The summed E-state index contributed by atoms with van der Waals surface area (Å²) in [6, 6.07) is 9.07. The van der Waals surface area contributed by atoms with Crippen molar-refractivity contribution in [2.45, 2.75) is 30.7 Å². The van der Waals surface area contributed by atoms with E-state index in [1.54, 1.807) is 0 Å². The minimum Gasteiger partial charge on any atom is -0.504 e. The van der Waals surface area contributed by atoms with Crippen LogP contribution in [0.4, 0.5) is 0 Å². The maximum Gasteiger partial charge on any atom is 0.336 e. The van der Waals surface area contributed by atoms with E-state index < -0.39 is 60.1 Å². The van der Waals surface area contributed by atoms with Crippen molar-refractivity contribution in [3.63, 3.8) is 0 Å². The third-order valence-corrected chi connectivity index (χ3v) is 5.96. The lowest BCUT2D eigenvalue weighted by Crippen LogP contribution is -2.60. The molecule has 0 amide bonds. The monoisotopic (exact) mass is 500 g/mol. The van der Waals surface area contributed by atoms with E-state index in [-0.39, 0.29) is 33.4 Å².